The van der Waals surface area contributed by atoms with Gasteiger partial charge in [0.1, 0.15) is 0 Å². The normalized spacial score (nSPS) is 15.6. The number of nitrogens with one attached hydrogen (secondary N) is 2. The SMILES string of the molecule is O=S(=O)(CCCCNC1CC1)NCCCn1ccnn1. The monoisotopic (exact) mass is 301 g/mol. The zero-order valence-electron chi connectivity index (χ0n) is 11.7. The predicted octanol–water partition coefficient (Wildman–Crippen LogP) is 0.120. The molecular weight excluding hydrogens is 278 g/mol. The standard InChI is InChI=1S/C12H23N5O2S/c18-20(19,11-2-1-6-13-12-4-5-12)15-7-3-9-17-10-8-14-16-17/h8,10,12-13,15H,1-7,9,11H2. The van der Waals surface area contributed by atoms with Crippen molar-refractivity contribution >= 4 is 10.0 Å². The van der Waals surface area contributed by atoms with Crippen LogP contribution in [0, 0.1) is 0 Å². The number of unbranched alkanes of at least 4 members (excludes halogenated alkanes) is 1. The molecule has 2 N–H and O–H groups in total. The number of aromatic nitrogens is 3. The van der Waals surface area contributed by atoms with E-state index in [1.165, 1.54) is 12.8 Å². The van der Waals surface area contributed by atoms with Crippen molar-refractivity contribution in [3.8, 4) is 0 Å². The molecule has 1 heterocycles. The van der Waals surface area contributed by atoms with Crippen LogP contribution in [0.3, 0.4) is 0 Å². The molecule has 1 aromatic rings. The van der Waals surface area contributed by atoms with E-state index in [-0.39, 0.29) is 5.75 Å². The van der Waals surface area contributed by atoms with Gasteiger partial charge >= 0.3 is 0 Å². The highest BCUT2D eigenvalue weighted by Gasteiger charge is 2.19. The van der Waals surface area contributed by atoms with Gasteiger partial charge in [-0.1, -0.05) is 5.21 Å². The van der Waals surface area contributed by atoms with Gasteiger partial charge in [-0.15, -0.1) is 5.10 Å². The van der Waals surface area contributed by atoms with Gasteiger partial charge in [0.25, 0.3) is 0 Å². The summed E-state index contributed by atoms with van der Waals surface area (Å²) in [5.74, 6) is 0.211. The molecule has 20 heavy (non-hydrogen) atoms. The molecule has 0 saturated heterocycles. The van der Waals surface area contributed by atoms with E-state index in [2.05, 4.69) is 20.4 Å². The van der Waals surface area contributed by atoms with Gasteiger partial charge in [0.2, 0.25) is 10.0 Å². The summed E-state index contributed by atoms with van der Waals surface area (Å²) >= 11 is 0. The van der Waals surface area contributed by atoms with Crippen molar-refractivity contribution in [2.45, 2.75) is 44.7 Å². The Morgan fingerprint density at radius 3 is 2.75 bits per heavy atom. The molecule has 1 aliphatic rings. The zero-order valence-corrected chi connectivity index (χ0v) is 12.5. The Kier molecular flexibility index (Phi) is 5.93. The highest BCUT2D eigenvalue weighted by Crippen LogP contribution is 2.18. The molecule has 0 atom stereocenters. The quantitative estimate of drug-likeness (QED) is 0.567. The molecule has 2 rings (SSSR count). The molecule has 1 fully saturated rings. The molecule has 1 aromatic heterocycles. The van der Waals surface area contributed by atoms with Crippen LogP contribution in [-0.4, -0.2) is 48.3 Å². The second-order valence-corrected chi connectivity index (χ2v) is 7.09. The zero-order chi connectivity index (χ0) is 14.3. The van der Waals surface area contributed by atoms with E-state index in [1.54, 1.807) is 17.1 Å². The van der Waals surface area contributed by atoms with Gasteiger partial charge in [-0.25, -0.2) is 13.1 Å². The lowest BCUT2D eigenvalue weighted by molar-refractivity contribution is 0.540. The lowest BCUT2D eigenvalue weighted by atomic mass is 10.3. The second-order valence-electron chi connectivity index (χ2n) is 5.17. The average molecular weight is 301 g/mol. The topological polar surface area (TPSA) is 88.9 Å². The van der Waals surface area contributed by atoms with Gasteiger partial charge in [-0.05, 0) is 38.6 Å². The van der Waals surface area contributed by atoms with E-state index >= 15 is 0 Å². The van der Waals surface area contributed by atoms with Crippen molar-refractivity contribution < 1.29 is 8.42 Å². The number of aryl methyl sites for hydroxylation is 1. The molecule has 0 unspecified atom stereocenters. The van der Waals surface area contributed by atoms with Gasteiger partial charge in [0.05, 0.1) is 11.9 Å². The molecule has 0 amide bonds. The van der Waals surface area contributed by atoms with E-state index in [1.807, 2.05) is 0 Å². The molecule has 8 heteroatoms. The summed E-state index contributed by atoms with van der Waals surface area (Å²) in [6.45, 7) is 2.04. The molecule has 0 bridgehead atoms. The van der Waals surface area contributed by atoms with E-state index < -0.39 is 10.0 Å². The largest absolute Gasteiger partial charge is 0.314 e. The first-order valence-corrected chi connectivity index (χ1v) is 8.86. The number of rotatable bonds is 11. The Morgan fingerprint density at radius 2 is 2.05 bits per heavy atom. The van der Waals surface area contributed by atoms with Crippen molar-refractivity contribution in [1.82, 2.24) is 25.0 Å². The molecule has 0 aliphatic heterocycles. The Bertz CT molecular complexity index is 470. The third-order valence-electron chi connectivity index (χ3n) is 3.21. The van der Waals surface area contributed by atoms with Crippen LogP contribution in [0.15, 0.2) is 12.4 Å². The fourth-order valence-electron chi connectivity index (χ4n) is 1.90. The summed E-state index contributed by atoms with van der Waals surface area (Å²) in [7, 11) is -3.13. The van der Waals surface area contributed by atoms with Crippen LogP contribution in [0.2, 0.25) is 0 Å². The molecule has 0 radical (unpaired) electrons. The van der Waals surface area contributed by atoms with Crippen LogP contribution in [0.25, 0.3) is 0 Å². The Hall–Kier alpha value is -0.990. The summed E-state index contributed by atoms with van der Waals surface area (Å²) in [6, 6.07) is 0.696. The molecule has 0 aromatic carbocycles. The van der Waals surface area contributed by atoms with E-state index in [0.29, 0.717) is 32.0 Å². The van der Waals surface area contributed by atoms with Crippen LogP contribution < -0.4 is 10.0 Å². The minimum Gasteiger partial charge on any atom is -0.314 e. The van der Waals surface area contributed by atoms with Crippen LogP contribution in [0.5, 0.6) is 0 Å². The van der Waals surface area contributed by atoms with Gasteiger partial charge in [0, 0.05) is 25.3 Å². The first kappa shape index (κ1) is 15.4. The molecule has 1 aliphatic carbocycles. The van der Waals surface area contributed by atoms with Crippen molar-refractivity contribution in [1.29, 1.82) is 0 Å². The lowest BCUT2D eigenvalue weighted by Gasteiger charge is -2.07. The number of nitrogens with zero attached hydrogens (tertiary/aromatic N) is 3. The highest BCUT2D eigenvalue weighted by atomic mass is 32.2. The first-order valence-electron chi connectivity index (χ1n) is 7.20. The fourth-order valence-corrected chi connectivity index (χ4v) is 3.09. The van der Waals surface area contributed by atoms with E-state index in [4.69, 9.17) is 0 Å². The Labute approximate surface area is 120 Å². The van der Waals surface area contributed by atoms with Crippen LogP contribution in [0.1, 0.15) is 32.1 Å². The van der Waals surface area contributed by atoms with E-state index in [9.17, 15) is 8.42 Å². The first-order chi connectivity index (χ1) is 9.66. The maximum atomic E-state index is 11.7. The lowest BCUT2D eigenvalue weighted by Crippen LogP contribution is -2.28. The maximum Gasteiger partial charge on any atom is 0.211 e. The van der Waals surface area contributed by atoms with Crippen LogP contribution in [0.4, 0.5) is 0 Å². The highest BCUT2D eigenvalue weighted by molar-refractivity contribution is 7.89. The minimum absolute atomic E-state index is 0.211. The summed E-state index contributed by atoms with van der Waals surface area (Å²) in [6.07, 6.45) is 8.25. The van der Waals surface area contributed by atoms with Crippen LogP contribution in [-0.2, 0) is 16.6 Å². The predicted molar refractivity (Wildman–Crippen MR) is 76.7 cm³/mol. The number of sulfonamides is 1. The smallest absolute Gasteiger partial charge is 0.211 e. The summed E-state index contributed by atoms with van der Waals surface area (Å²) < 4.78 is 27.8. The molecule has 1 saturated carbocycles. The Balaban J connectivity index is 1.49. The number of hydrogen-bond donors (Lipinski definition) is 2. The maximum absolute atomic E-state index is 11.7. The Morgan fingerprint density at radius 1 is 1.20 bits per heavy atom. The summed E-state index contributed by atoms with van der Waals surface area (Å²) in [4.78, 5) is 0. The van der Waals surface area contributed by atoms with Gasteiger partial charge in [-0.2, -0.15) is 0 Å². The molecule has 7 nitrogen and oxygen atoms in total. The number of hydrogen-bond acceptors (Lipinski definition) is 5. The molecule has 114 valence electrons. The third kappa shape index (κ3) is 6.44. The van der Waals surface area contributed by atoms with Crippen molar-refractivity contribution in [2.75, 3.05) is 18.8 Å². The molecular formula is C12H23N5O2S. The van der Waals surface area contributed by atoms with Crippen molar-refractivity contribution in [2.24, 2.45) is 0 Å². The van der Waals surface area contributed by atoms with Crippen LogP contribution >= 0.6 is 0 Å². The van der Waals surface area contributed by atoms with E-state index in [0.717, 1.165) is 13.0 Å². The third-order valence-corrected chi connectivity index (χ3v) is 4.68. The summed E-state index contributed by atoms with van der Waals surface area (Å²) in [5.41, 5.74) is 0. The van der Waals surface area contributed by atoms with Gasteiger partial charge < -0.3 is 5.32 Å². The van der Waals surface area contributed by atoms with Gasteiger partial charge in [-0.3, -0.25) is 4.68 Å². The van der Waals surface area contributed by atoms with Crippen molar-refractivity contribution in [3.05, 3.63) is 12.4 Å². The summed E-state index contributed by atoms with van der Waals surface area (Å²) in [5, 5.41) is 10.9. The van der Waals surface area contributed by atoms with Gasteiger partial charge in [0.15, 0.2) is 0 Å². The minimum atomic E-state index is -3.13. The average Bonchev–Trinajstić information content (AvgIpc) is 3.09. The molecule has 0 spiro atoms. The van der Waals surface area contributed by atoms with Crippen molar-refractivity contribution in [3.63, 3.8) is 0 Å². The second kappa shape index (κ2) is 7.70. The fraction of sp³-hybridized carbons (Fsp3) is 0.833.